The predicted octanol–water partition coefficient (Wildman–Crippen LogP) is 7.34. The van der Waals surface area contributed by atoms with Gasteiger partial charge in [0.05, 0.1) is 18.4 Å². The van der Waals surface area contributed by atoms with Crippen LogP contribution < -0.4 is 10.1 Å². The molecule has 6 heteroatoms. The van der Waals surface area contributed by atoms with E-state index < -0.39 is 0 Å². The van der Waals surface area contributed by atoms with Crippen LogP contribution in [0.4, 0.5) is 5.00 Å². The highest BCUT2D eigenvalue weighted by Gasteiger charge is 2.33. The van der Waals surface area contributed by atoms with Crippen molar-refractivity contribution in [1.29, 1.82) is 0 Å². The monoisotopic (exact) mass is 524 g/mol. The molecule has 0 radical (unpaired) electrons. The Balaban J connectivity index is 1.55. The SMILES string of the molecule is C#CCOc1ccc2ccccc2c1C=Nc1sc2c(c1C(=O)NCc1ccco1)CC[C@@H](C(C)(C)C)C2. The number of furan rings is 1. The molecule has 2 heterocycles. The van der Waals surface area contributed by atoms with Crippen molar-refractivity contribution in [1.82, 2.24) is 5.32 Å². The van der Waals surface area contributed by atoms with Gasteiger partial charge >= 0.3 is 0 Å². The topological polar surface area (TPSA) is 63.8 Å². The fourth-order valence-corrected chi connectivity index (χ4v) is 6.35. The van der Waals surface area contributed by atoms with Gasteiger partial charge in [0.2, 0.25) is 0 Å². The molecule has 0 spiro atoms. The Morgan fingerprint density at radius 3 is 2.84 bits per heavy atom. The fraction of sp³-hybridized carbons (Fsp3) is 0.312. The third-order valence-electron chi connectivity index (χ3n) is 7.25. The summed E-state index contributed by atoms with van der Waals surface area (Å²) in [5.74, 6) is 4.36. The highest BCUT2D eigenvalue weighted by atomic mass is 32.1. The van der Waals surface area contributed by atoms with Gasteiger partial charge in [0.15, 0.2) is 0 Å². The molecule has 5 nitrogen and oxygen atoms in total. The zero-order chi connectivity index (χ0) is 26.7. The second kappa shape index (κ2) is 10.9. The van der Waals surface area contributed by atoms with Crippen LogP contribution in [0, 0.1) is 23.7 Å². The van der Waals surface area contributed by atoms with Crippen molar-refractivity contribution >= 4 is 39.2 Å². The molecule has 0 aliphatic heterocycles. The van der Waals surface area contributed by atoms with Gasteiger partial charge < -0.3 is 14.5 Å². The normalized spacial score (nSPS) is 15.4. The number of amides is 1. The van der Waals surface area contributed by atoms with Gasteiger partial charge in [-0.25, -0.2) is 4.99 Å². The van der Waals surface area contributed by atoms with Crippen molar-refractivity contribution in [3.63, 3.8) is 0 Å². The van der Waals surface area contributed by atoms with Gasteiger partial charge in [-0.05, 0) is 65.1 Å². The van der Waals surface area contributed by atoms with E-state index in [4.69, 9.17) is 20.6 Å². The molecule has 0 saturated heterocycles. The number of fused-ring (bicyclic) bond motifs is 2. The van der Waals surface area contributed by atoms with E-state index in [2.05, 4.69) is 38.1 Å². The number of hydrogen-bond donors (Lipinski definition) is 1. The molecule has 0 unspecified atom stereocenters. The summed E-state index contributed by atoms with van der Waals surface area (Å²) < 4.78 is 11.3. The molecule has 1 amide bonds. The summed E-state index contributed by atoms with van der Waals surface area (Å²) in [5.41, 5.74) is 2.85. The lowest BCUT2D eigenvalue weighted by molar-refractivity contribution is 0.0947. The average molecular weight is 525 g/mol. The Bertz CT molecular complexity index is 1520. The first kappa shape index (κ1) is 25.8. The quantitative estimate of drug-likeness (QED) is 0.203. The van der Waals surface area contributed by atoms with E-state index in [1.165, 1.54) is 4.88 Å². The molecular formula is C32H32N2O3S. The number of terminal acetylenes is 1. The lowest BCUT2D eigenvalue weighted by Gasteiger charge is -2.33. The van der Waals surface area contributed by atoms with Crippen LogP contribution in [-0.4, -0.2) is 18.7 Å². The lowest BCUT2D eigenvalue weighted by Crippen LogP contribution is -2.28. The van der Waals surface area contributed by atoms with Crippen molar-refractivity contribution in [2.45, 2.75) is 46.6 Å². The average Bonchev–Trinajstić information content (AvgIpc) is 3.56. The van der Waals surface area contributed by atoms with Crippen LogP contribution in [0.5, 0.6) is 5.75 Å². The van der Waals surface area contributed by atoms with Gasteiger partial charge in [-0.3, -0.25) is 4.79 Å². The minimum atomic E-state index is -0.123. The maximum atomic E-state index is 13.5. The van der Waals surface area contributed by atoms with Crippen LogP contribution in [0.2, 0.25) is 0 Å². The number of nitrogens with zero attached hydrogens (tertiary/aromatic N) is 1. The molecule has 194 valence electrons. The van der Waals surface area contributed by atoms with Gasteiger partial charge in [0, 0.05) is 16.7 Å². The fourth-order valence-electron chi connectivity index (χ4n) is 5.08. The lowest BCUT2D eigenvalue weighted by atomic mass is 9.72. The second-order valence-corrected chi connectivity index (χ2v) is 11.8. The molecule has 0 bridgehead atoms. The highest BCUT2D eigenvalue weighted by Crippen LogP contribution is 2.45. The summed E-state index contributed by atoms with van der Waals surface area (Å²) in [7, 11) is 0. The molecule has 1 aliphatic rings. The van der Waals surface area contributed by atoms with E-state index in [1.807, 2.05) is 48.7 Å². The van der Waals surface area contributed by atoms with Crippen LogP contribution >= 0.6 is 11.3 Å². The molecule has 1 N–H and O–H groups in total. The number of thiophene rings is 1. The molecule has 2 aromatic carbocycles. The van der Waals surface area contributed by atoms with Crippen molar-refractivity contribution in [2.24, 2.45) is 16.3 Å². The maximum Gasteiger partial charge on any atom is 0.255 e. The van der Waals surface area contributed by atoms with E-state index in [1.54, 1.807) is 17.6 Å². The van der Waals surface area contributed by atoms with E-state index in [-0.39, 0.29) is 17.9 Å². The van der Waals surface area contributed by atoms with Gasteiger partial charge in [0.1, 0.15) is 23.1 Å². The Morgan fingerprint density at radius 1 is 1.24 bits per heavy atom. The summed E-state index contributed by atoms with van der Waals surface area (Å²) in [6.07, 6.45) is 11.8. The smallest absolute Gasteiger partial charge is 0.255 e. The Hall–Kier alpha value is -3.82. The summed E-state index contributed by atoms with van der Waals surface area (Å²) in [6, 6.07) is 15.7. The van der Waals surface area contributed by atoms with Gasteiger partial charge in [-0.1, -0.05) is 57.0 Å². The molecule has 1 aliphatic carbocycles. The Morgan fingerprint density at radius 2 is 2.08 bits per heavy atom. The van der Waals surface area contributed by atoms with Crippen molar-refractivity contribution in [3.05, 3.63) is 82.1 Å². The predicted molar refractivity (Wildman–Crippen MR) is 155 cm³/mol. The van der Waals surface area contributed by atoms with E-state index in [9.17, 15) is 4.79 Å². The summed E-state index contributed by atoms with van der Waals surface area (Å²) in [6.45, 7) is 7.39. The molecule has 2 aromatic heterocycles. The standard InChI is InChI=1S/C32H32N2O3S/c1-5-16-37-27-15-12-21-9-6-7-11-24(21)26(27)20-34-31-29(30(35)33-19-23-10-8-17-36-23)25-14-13-22(32(2,3)4)18-28(25)38-31/h1,6-12,15,17,20,22H,13-14,16,18-19H2,2-4H3,(H,33,35)/t22-/m1/s1. The van der Waals surface area contributed by atoms with Gasteiger partial charge in [0.25, 0.3) is 5.91 Å². The first-order valence-corrected chi connectivity index (χ1v) is 13.7. The van der Waals surface area contributed by atoms with E-state index in [0.717, 1.165) is 46.2 Å². The number of carbonyl (C=O) groups excluding carboxylic acids is 1. The van der Waals surface area contributed by atoms with Crippen LogP contribution in [-0.2, 0) is 19.4 Å². The number of hydrogen-bond acceptors (Lipinski definition) is 5. The Kier molecular flexibility index (Phi) is 7.40. The zero-order valence-corrected chi connectivity index (χ0v) is 22.9. The summed E-state index contributed by atoms with van der Waals surface area (Å²) in [4.78, 5) is 19.7. The zero-order valence-electron chi connectivity index (χ0n) is 22.0. The molecule has 5 rings (SSSR count). The van der Waals surface area contributed by atoms with Crippen molar-refractivity contribution < 1.29 is 13.9 Å². The highest BCUT2D eigenvalue weighted by molar-refractivity contribution is 7.16. The Labute approximate surface area is 227 Å². The van der Waals surface area contributed by atoms with E-state index in [0.29, 0.717) is 29.5 Å². The maximum absolute atomic E-state index is 13.5. The number of benzene rings is 2. The first-order chi connectivity index (χ1) is 18.3. The largest absolute Gasteiger partial charge is 0.480 e. The minimum absolute atomic E-state index is 0.123. The molecule has 1 atom stereocenters. The van der Waals surface area contributed by atoms with Gasteiger partial charge in [-0.2, -0.15) is 0 Å². The number of ether oxygens (including phenoxy) is 1. The second-order valence-electron chi connectivity index (χ2n) is 10.7. The summed E-state index contributed by atoms with van der Waals surface area (Å²) in [5, 5.41) is 5.86. The van der Waals surface area contributed by atoms with Crippen LogP contribution in [0.25, 0.3) is 10.8 Å². The number of carbonyl (C=O) groups is 1. The van der Waals surface area contributed by atoms with Crippen LogP contribution in [0.1, 0.15) is 59.3 Å². The van der Waals surface area contributed by atoms with Gasteiger partial charge in [-0.15, -0.1) is 17.8 Å². The van der Waals surface area contributed by atoms with Crippen LogP contribution in [0.15, 0.2) is 64.2 Å². The summed E-state index contributed by atoms with van der Waals surface area (Å²) >= 11 is 1.63. The molecule has 38 heavy (non-hydrogen) atoms. The number of rotatable bonds is 7. The molecule has 4 aromatic rings. The minimum Gasteiger partial charge on any atom is -0.480 e. The number of nitrogens with one attached hydrogen (secondary N) is 1. The molecule has 0 fully saturated rings. The van der Waals surface area contributed by atoms with Crippen molar-refractivity contribution in [3.8, 4) is 18.1 Å². The number of aliphatic imine (C=N–C) groups is 1. The third kappa shape index (κ3) is 5.39. The third-order valence-corrected chi connectivity index (χ3v) is 8.42. The van der Waals surface area contributed by atoms with E-state index >= 15 is 0 Å². The molecular weight excluding hydrogens is 492 g/mol. The first-order valence-electron chi connectivity index (χ1n) is 12.9. The van der Waals surface area contributed by atoms with Crippen LogP contribution in [0.3, 0.4) is 0 Å². The van der Waals surface area contributed by atoms with Crippen molar-refractivity contribution in [2.75, 3.05) is 6.61 Å². The molecule has 0 saturated carbocycles.